The lowest BCUT2D eigenvalue weighted by Gasteiger charge is -2.36. The van der Waals surface area contributed by atoms with Gasteiger partial charge in [-0.05, 0) is 36.3 Å². The van der Waals surface area contributed by atoms with Gasteiger partial charge in [-0.15, -0.1) is 0 Å². The van der Waals surface area contributed by atoms with Crippen molar-refractivity contribution in [3.63, 3.8) is 0 Å². The van der Waals surface area contributed by atoms with Gasteiger partial charge in [-0.2, -0.15) is 0 Å². The first-order valence-electron chi connectivity index (χ1n) is 7.76. The molecule has 0 heterocycles. The van der Waals surface area contributed by atoms with E-state index in [0.717, 1.165) is 23.9 Å². The van der Waals surface area contributed by atoms with Crippen molar-refractivity contribution in [1.82, 2.24) is 5.32 Å². The molecule has 2 saturated carbocycles. The van der Waals surface area contributed by atoms with Crippen LogP contribution in [0.3, 0.4) is 0 Å². The van der Waals surface area contributed by atoms with Gasteiger partial charge in [-0.3, -0.25) is 0 Å². The number of nitrogens with one attached hydrogen (secondary N) is 1. The summed E-state index contributed by atoms with van der Waals surface area (Å²) in [5.74, 6) is 1.54. The molecule has 2 atom stereocenters. The summed E-state index contributed by atoms with van der Waals surface area (Å²) in [7, 11) is 0. The number of hydrogen-bond acceptors (Lipinski definition) is 1. The summed E-state index contributed by atoms with van der Waals surface area (Å²) in [4.78, 5) is 0. The molecule has 2 unspecified atom stereocenters. The average Bonchev–Trinajstić information content (AvgIpc) is 3.24. The SMILES string of the molecule is c1ccc(C2CC(NC3CC3c3ccccc3)C2)cc1. The van der Waals surface area contributed by atoms with Crippen LogP contribution in [0.2, 0.25) is 0 Å². The highest BCUT2D eigenvalue weighted by Gasteiger charge is 2.41. The molecule has 20 heavy (non-hydrogen) atoms. The second kappa shape index (κ2) is 5.06. The molecule has 0 bridgehead atoms. The first kappa shape index (κ1) is 12.2. The molecule has 1 N–H and O–H groups in total. The Bertz CT molecular complexity index is 557. The molecular weight excluding hydrogens is 242 g/mol. The molecule has 0 spiro atoms. The van der Waals surface area contributed by atoms with Gasteiger partial charge >= 0.3 is 0 Å². The van der Waals surface area contributed by atoms with E-state index in [0.29, 0.717) is 0 Å². The Morgan fingerprint density at radius 1 is 0.700 bits per heavy atom. The molecule has 2 fully saturated rings. The monoisotopic (exact) mass is 263 g/mol. The lowest BCUT2D eigenvalue weighted by Crippen LogP contribution is -2.41. The Kier molecular flexibility index (Phi) is 3.08. The van der Waals surface area contributed by atoms with Crippen LogP contribution in [0.4, 0.5) is 0 Å². The normalized spacial score (nSPS) is 31.6. The molecule has 2 aromatic carbocycles. The van der Waals surface area contributed by atoms with Crippen LogP contribution in [0.5, 0.6) is 0 Å². The molecule has 0 aliphatic heterocycles. The van der Waals surface area contributed by atoms with Crippen LogP contribution in [0, 0.1) is 0 Å². The highest BCUT2D eigenvalue weighted by molar-refractivity contribution is 5.28. The van der Waals surface area contributed by atoms with E-state index in [1.54, 1.807) is 0 Å². The largest absolute Gasteiger partial charge is 0.311 e. The zero-order chi connectivity index (χ0) is 13.4. The molecule has 2 aliphatic carbocycles. The molecule has 2 aliphatic rings. The third-order valence-electron chi connectivity index (χ3n) is 4.88. The van der Waals surface area contributed by atoms with Gasteiger partial charge in [0, 0.05) is 18.0 Å². The number of benzene rings is 2. The van der Waals surface area contributed by atoms with Crippen LogP contribution < -0.4 is 5.32 Å². The summed E-state index contributed by atoms with van der Waals surface area (Å²) < 4.78 is 0. The summed E-state index contributed by atoms with van der Waals surface area (Å²) >= 11 is 0. The van der Waals surface area contributed by atoms with E-state index in [4.69, 9.17) is 0 Å². The van der Waals surface area contributed by atoms with Crippen molar-refractivity contribution >= 4 is 0 Å². The van der Waals surface area contributed by atoms with Crippen LogP contribution in [-0.4, -0.2) is 12.1 Å². The zero-order valence-electron chi connectivity index (χ0n) is 11.7. The average molecular weight is 263 g/mol. The van der Waals surface area contributed by atoms with Gasteiger partial charge in [0.05, 0.1) is 0 Å². The van der Waals surface area contributed by atoms with Crippen molar-refractivity contribution in [2.45, 2.75) is 43.2 Å². The smallest absolute Gasteiger partial charge is 0.0145 e. The van der Waals surface area contributed by atoms with Gasteiger partial charge in [-0.1, -0.05) is 60.7 Å². The highest BCUT2D eigenvalue weighted by atomic mass is 15.0. The fraction of sp³-hybridized carbons (Fsp3) is 0.368. The predicted molar refractivity (Wildman–Crippen MR) is 82.9 cm³/mol. The summed E-state index contributed by atoms with van der Waals surface area (Å²) in [6, 6.07) is 23.3. The third-order valence-corrected chi connectivity index (χ3v) is 4.88. The first-order chi connectivity index (χ1) is 9.90. The van der Waals surface area contributed by atoms with Gasteiger partial charge < -0.3 is 5.32 Å². The second-order valence-electron chi connectivity index (χ2n) is 6.30. The molecule has 1 nitrogen and oxygen atoms in total. The second-order valence-corrected chi connectivity index (χ2v) is 6.30. The van der Waals surface area contributed by atoms with Crippen LogP contribution in [0.25, 0.3) is 0 Å². The Morgan fingerprint density at radius 3 is 1.95 bits per heavy atom. The van der Waals surface area contributed by atoms with Crippen molar-refractivity contribution in [2.75, 3.05) is 0 Å². The lowest BCUT2D eigenvalue weighted by atomic mass is 9.76. The van der Waals surface area contributed by atoms with Crippen molar-refractivity contribution in [2.24, 2.45) is 0 Å². The van der Waals surface area contributed by atoms with Gasteiger partial charge in [0.25, 0.3) is 0 Å². The first-order valence-corrected chi connectivity index (χ1v) is 7.76. The van der Waals surface area contributed by atoms with Gasteiger partial charge in [0.2, 0.25) is 0 Å². The molecule has 102 valence electrons. The van der Waals surface area contributed by atoms with Crippen LogP contribution in [-0.2, 0) is 0 Å². The Hall–Kier alpha value is -1.60. The molecular formula is C19H21N. The molecule has 1 heteroatoms. The Morgan fingerprint density at radius 2 is 1.30 bits per heavy atom. The molecule has 2 aromatic rings. The van der Waals surface area contributed by atoms with Crippen molar-refractivity contribution in [1.29, 1.82) is 0 Å². The number of hydrogen-bond donors (Lipinski definition) is 1. The van der Waals surface area contributed by atoms with Gasteiger partial charge in [-0.25, -0.2) is 0 Å². The van der Waals surface area contributed by atoms with E-state index in [9.17, 15) is 0 Å². The summed E-state index contributed by atoms with van der Waals surface area (Å²) in [6.45, 7) is 0. The number of rotatable bonds is 4. The van der Waals surface area contributed by atoms with E-state index >= 15 is 0 Å². The maximum atomic E-state index is 3.84. The summed E-state index contributed by atoms with van der Waals surface area (Å²) in [5, 5.41) is 3.84. The minimum atomic E-state index is 0.721. The van der Waals surface area contributed by atoms with Crippen molar-refractivity contribution < 1.29 is 0 Å². The Balaban J connectivity index is 1.28. The third kappa shape index (κ3) is 2.38. The zero-order valence-corrected chi connectivity index (χ0v) is 11.7. The predicted octanol–water partition coefficient (Wildman–Crippen LogP) is 4.08. The van der Waals surface area contributed by atoms with Crippen molar-refractivity contribution in [3.05, 3.63) is 71.8 Å². The standard InChI is InChI=1S/C19H21N/c1-3-7-14(8-4-1)16-11-17(12-16)20-19-13-18(19)15-9-5-2-6-10-15/h1-10,16-20H,11-13H2. The summed E-state index contributed by atoms with van der Waals surface area (Å²) in [5.41, 5.74) is 3.02. The molecule has 4 rings (SSSR count). The maximum absolute atomic E-state index is 3.84. The van der Waals surface area contributed by atoms with Gasteiger partial charge in [0.15, 0.2) is 0 Å². The van der Waals surface area contributed by atoms with E-state index < -0.39 is 0 Å². The van der Waals surface area contributed by atoms with E-state index in [2.05, 4.69) is 66.0 Å². The Labute approximate surface area is 121 Å². The van der Waals surface area contributed by atoms with E-state index in [1.165, 1.54) is 30.4 Å². The quantitative estimate of drug-likeness (QED) is 0.876. The minimum absolute atomic E-state index is 0.721. The fourth-order valence-electron chi connectivity index (χ4n) is 3.50. The van der Waals surface area contributed by atoms with E-state index in [-0.39, 0.29) is 0 Å². The van der Waals surface area contributed by atoms with Crippen molar-refractivity contribution in [3.8, 4) is 0 Å². The van der Waals surface area contributed by atoms with E-state index in [1.807, 2.05) is 0 Å². The molecule has 0 radical (unpaired) electrons. The maximum Gasteiger partial charge on any atom is 0.0145 e. The molecule has 0 amide bonds. The highest BCUT2D eigenvalue weighted by Crippen LogP contribution is 2.44. The molecule has 0 aromatic heterocycles. The minimum Gasteiger partial charge on any atom is -0.311 e. The van der Waals surface area contributed by atoms with Crippen LogP contribution in [0.1, 0.15) is 42.2 Å². The van der Waals surface area contributed by atoms with Gasteiger partial charge in [0.1, 0.15) is 0 Å². The molecule has 0 saturated heterocycles. The summed E-state index contributed by atoms with van der Waals surface area (Å²) in [6.07, 6.45) is 3.93. The van der Waals surface area contributed by atoms with Crippen LogP contribution in [0.15, 0.2) is 60.7 Å². The van der Waals surface area contributed by atoms with Crippen LogP contribution >= 0.6 is 0 Å². The fourth-order valence-corrected chi connectivity index (χ4v) is 3.50. The topological polar surface area (TPSA) is 12.0 Å². The lowest BCUT2D eigenvalue weighted by molar-refractivity contribution is 0.287.